The normalized spacial score (nSPS) is 19.6. The molecule has 1 heterocycles. The van der Waals surface area contributed by atoms with E-state index in [0.29, 0.717) is 5.92 Å². The molecule has 1 aromatic heterocycles. The lowest BCUT2D eigenvalue weighted by atomic mass is 9.79. The van der Waals surface area contributed by atoms with Crippen molar-refractivity contribution in [2.45, 2.75) is 31.7 Å². The summed E-state index contributed by atoms with van der Waals surface area (Å²) in [7, 11) is 1.89. The smallest absolute Gasteiger partial charge is 0.0843 e. The second kappa shape index (κ2) is 5.73. The highest BCUT2D eigenvalue weighted by Gasteiger charge is 2.26. The summed E-state index contributed by atoms with van der Waals surface area (Å²) < 4.78 is 1.74. The van der Waals surface area contributed by atoms with Gasteiger partial charge in [0.25, 0.3) is 0 Å². The third kappa shape index (κ3) is 2.73. The molecule has 2 atom stereocenters. The van der Waals surface area contributed by atoms with Crippen molar-refractivity contribution in [1.29, 1.82) is 0 Å². The van der Waals surface area contributed by atoms with Crippen molar-refractivity contribution in [2.75, 3.05) is 0 Å². The number of benzene rings is 1. The molecule has 0 fully saturated rings. The van der Waals surface area contributed by atoms with E-state index in [9.17, 15) is 0 Å². The zero-order valence-corrected chi connectivity index (χ0v) is 11.8. The first-order valence-electron chi connectivity index (χ1n) is 7.14. The molecule has 5 heteroatoms. The van der Waals surface area contributed by atoms with E-state index in [4.69, 9.17) is 5.84 Å². The van der Waals surface area contributed by atoms with Gasteiger partial charge in [-0.05, 0) is 36.3 Å². The van der Waals surface area contributed by atoms with E-state index >= 15 is 0 Å². The molecule has 0 aliphatic heterocycles. The predicted octanol–water partition coefficient (Wildman–Crippen LogP) is 0.995. The second-order valence-electron chi connectivity index (χ2n) is 5.63. The molecule has 20 heavy (non-hydrogen) atoms. The number of fused-ring (bicyclic) bond motifs is 1. The lowest BCUT2D eigenvalue weighted by Gasteiger charge is -2.30. The first-order valence-corrected chi connectivity index (χ1v) is 7.14. The van der Waals surface area contributed by atoms with E-state index in [-0.39, 0.29) is 6.04 Å². The first-order chi connectivity index (χ1) is 9.76. The van der Waals surface area contributed by atoms with Gasteiger partial charge in [0.1, 0.15) is 0 Å². The Kier molecular flexibility index (Phi) is 3.80. The third-order valence-corrected chi connectivity index (χ3v) is 4.25. The predicted molar refractivity (Wildman–Crippen MR) is 77.8 cm³/mol. The van der Waals surface area contributed by atoms with Crippen LogP contribution in [0.5, 0.6) is 0 Å². The van der Waals surface area contributed by atoms with Crippen molar-refractivity contribution in [3.8, 4) is 0 Å². The summed E-state index contributed by atoms with van der Waals surface area (Å²) in [4.78, 5) is 0. The van der Waals surface area contributed by atoms with E-state index in [1.807, 2.05) is 13.2 Å². The molecular weight excluding hydrogens is 250 g/mol. The topological polar surface area (TPSA) is 68.8 Å². The van der Waals surface area contributed by atoms with Gasteiger partial charge < -0.3 is 0 Å². The van der Waals surface area contributed by atoms with Crippen molar-refractivity contribution in [1.82, 2.24) is 20.4 Å². The van der Waals surface area contributed by atoms with Crippen LogP contribution in [0, 0.1) is 5.92 Å². The summed E-state index contributed by atoms with van der Waals surface area (Å²) in [5, 5.41) is 8.14. The molecule has 0 saturated heterocycles. The first kappa shape index (κ1) is 13.3. The van der Waals surface area contributed by atoms with Crippen LogP contribution in [0.1, 0.15) is 23.2 Å². The van der Waals surface area contributed by atoms with Gasteiger partial charge in [-0.25, -0.2) is 0 Å². The molecule has 0 amide bonds. The van der Waals surface area contributed by atoms with Crippen LogP contribution < -0.4 is 11.3 Å². The van der Waals surface area contributed by atoms with Gasteiger partial charge in [-0.1, -0.05) is 29.5 Å². The van der Waals surface area contributed by atoms with Gasteiger partial charge >= 0.3 is 0 Å². The fraction of sp³-hybridized carbons (Fsp3) is 0.467. The highest BCUT2D eigenvalue weighted by molar-refractivity contribution is 5.30. The molecule has 106 valence electrons. The Morgan fingerprint density at radius 2 is 2.20 bits per heavy atom. The molecule has 1 aliphatic rings. The van der Waals surface area contributed by atoms with Crippen LogP contribution in [0.3, 0.4) is 0 Å². The highest BCUT2D eigenvalue weighted by Crippen LogP contribution is 2.28. The van der Waals surface area contributed by atoms with Crippen LogP contribution >= 0.6 is 0 Å². The number of hydrazine groups is 1. The van der Waals surface area contributed by atoms with Crippen molar-refractivity contribution >= 4 is 0 Å². The molecule has 2 aromatic rings. The van der Waals surface area contributed by atoms with Crippen LogP contribution in [0.2, 0.25) is 0 Å². The zero-order chi connectivity index (χ0) is 13.9. The number of rotatable bonds is 4. The standard InChI is InChI=1S/C15H21N5/c1-20-10-14(18-19-20)9-15(17-16)13-7-6-11-4-2-3-5-12(11)8-13/h2-5,10,13,15,17H,6-9,16H2,1H3. The van der Waals surface area contributed by atoms with Gasteiger partial charge in [0.2, 0.25) is 0 Å². The van der Waals surface area contributed by atoms with Crippen LogP contribution in [0.4, 0.5) is 0 Å². The molecule has 5 nitrogen and oxygen atoms in total. The van der Waals surface area contributed by atoms with Crippen molar-refractivity contribution in [3.05, 3.63) is 47.3 Å². The summed E-state index contributed by atoms with van der Waals surface area (Å²) in [5.41, 5.74) is 6.92. The Balaban J connectivity index is 1.71. The highest BCUT2D eigenvalue weighted by atomic mass is 15.4. The Labute approximate surface area is 119 Å². The average molecular weight is 271 g/mol. The number of nitrogens with zero attached hydrogens (tertiary/aromatic N) is 3. The van der Waals surface area contributed by atoms with Gasteiger partial charge in [-0.3, -0.25) is 16.0 Å². The minimum Gasteiger partial charge on any atom is -0.271 e. The molecule has 0 spiro atoms. The Morgan fingerprint density at radius 1 is 1.40 bits per heavy atom. The Hall–Kier alpha value is -1.72. The van der Waals surface area contributed by atoms with Crippen molar-refractivity contribution in [2.24, 2.45) is 18.8 Å². The maximum absolute atomic E-state index is 5.77. The van der Waals surface area contributed by atoms with Gasteiger partial charge in [-0.2, -0.15) is 0 Å². The van der Waals surface area contributed by atoms with E-state index in [1.54, 1.807) is 4.68 Å². The lowest BCUT2D eigenvalue weighted by molar-refractivity contribution is 0.319. The van der Waals surface area contributed by atoms with Gasteiger partial charge in [0.15, 0.2) is 0 Å². The summed E-state index contributed by atoms with van der Waals surface area (Å²) in [6.07, 6.45) is 6.19. The van der Waals surface area contributed by atoms with E-state index in [1.165, 1.54) is 17.5 Å². The molecule has 2 unspecified atom stereocenters. The average Bonchev–Trinajstić information content (AvgIpc) is 2.89. The SMILES string of the molecule is Cn1cc(CC(NN)C2CCc3ccccc3C2)nn1. The van der Waals surface area contributed by atoms with Gasteiger partial charge in [-0.15, -0.1) is 5.10 Å². The minimum atomic E-state index is 0.250. The second-order valence-corrected chi connectivity index (χ2v) is 5.63. The summed E-state index contributed by atoms with van der Waals surface area (Å²) >= 11 is 0. The molecular formula is C15H21N5. The fourth-order valence-electron chi connectivity index (χ4n) is 3.15. The molecule has 0 bridgehead atoms. The minimum absolute atomic E-state index is 0.250. The van der Waals surface area contributed by atoms with Crippen LogP contribution in [0.15, 0.2) is 30.5 Å². The van der Waals surface area contributed by atoms with Gasteiger partial charge in [0, 0.05) is 25.7 Å². The number of nitrogens with one attached hydrogen (secondary N) is 1. The third-order valence-electron chi connectivity index (χ3n) is 4.25. The summed E-state index contributed by atoms with van der Waals surface area (Å²) in [6, 6.07) is 8.96. The Morgan fingerprint density at radius 3 is 2.90 bits per heavy atom. The van der Waals surface area contributed by atoms with E-state index in [2.05, 4.69) is 40.0 Å². The summed E-state index contributed by atoms with van der Waals surface area (Å²) in [6.45, 7) is 0. The molecule has 3 N–H and O–H groups in total. The molecule has 1 aromatic carbocycles. The van der Waals surface area contributed by atoms with Gasteiger partial charge in [0.05, 0.1) is 5.69 Å². The largest absolute Gasteiger partial charge is 0.271 e. The number of hydrogen-bond donors (Lipinski definition) is 2. The van der Waals surface area contributed by atoms with Crippen LogP contribution in [0.25, 0.3) is 0 Å². The van der Waals surface area contributed by atoms with Crippen molar-refractivity contribution < 1.29 is 0 Å². The zero-order valence-electron chi connectivity index (χ0n) is 11.8. The number of aromatic nitrogens is 3. The number of aryl methyl sites for hydroxylation is 2. The molecule has 3 rings (SSSR count). The van der Waals surface area contributed by atoms with Crippen molar-refractivity contribution in [3.63, 3.8) is 0 Å². The van der Waals surface area contributed by atoms with Crippen LogP contribution in [-0.2, 0) is 26.3 Å². The number of hydrogen-bond acceptors (Lipinski definition) is 4. The molecule has 0 saturated carbocycles. The monoisotopic (exact) mass is 271 g/mol. The van der Waals surface area contributed by atoms with E-state index in [0.717, 1.165) is 25.0 Å². The van der Waals surface area contributed by atoms with Crippen LogP contribution in [-0.4, -0.2) is 21.0 Å². The summed E-state index contributed by atoms with van der Waals surface area (Å²) in [5.74, 6) is 6.33. The quantitative estimate of drug-likeness (QED) is 0.643. The molecule has 0 radical (unpaired) electrons. The number of nitrogens with two attached hydrogens (primary N) is 1. The Bertz CT molecular complexity index is 577. The van der Waals surface area contributed by atoms with E-state index < -0.39 is 0 Å². The maximum atomic E-state index is 5.77. The fourth-order valence-corrected chi connectivity index (χ4v) is 3.15. The lowest BCUT2D eigenvalue weighted by Crippen LogP contribution is -2.44. The molecule has 1 aliphatic carbocycles. The maximum Gasteiger partial charge on any atom is 0.0843 e.